The topological polar surface area (TPSA) is 177 Å². The summed E-state index contributed by atoms with van der Waals surface area (Å²) in [6.07, 6.45) is 2.05. The van der Waals surface area contributed by atoms with Crippen LogP contribution in [0.25, 0.3) is 0 Å². The molecule has 0 fully saturated rings. The molecule has 8 N–H and O–H groups in total. The van der Waals surface area contributed by atoms with Gasteiger partial charge in [0.05, 0.1) is 6.04 Å². The minimum absolute atomic E-state index is 0.00600. The van der Waals surface area contributed by atoms with Crippen molar-refractivity contribution in [3.05, 3.63) is 0 Å². The number of carboxylic acids is 1. The number of unbranched alkanes of at least 4 members (excludes halogenated alkanes) is 1. The van der Waals surface area contributed by atoms with E-state index in [0.717, 1.165) is 0 Å². The molecule has 0 aromatic carbocycles. The minimum Gasteiger partial charge on any atom is -0.480 e. The maximum absolute atomic E-state index is 12.7. The monoisotopic (exact) mass is 433 g/mol. The molecule has 3 amide bonds. The number of amides is 3. The van der Waals surface area contributed by atoms with Crippen molar-refractivity contribution in [2.24, 2.45) is 17.4 Å². The molecule has 0 aromatic rings. The normalized spacial score (nSPS) is 16.1. The van der Waals surface area contributed by atoms with Crippen LogP contribution in [0.4, 0.5) is 0 Å². The second kappa shape index (κ2) is 14.2. The summed E-state index contributed by atoms with van der Waals surface area (Å²) in [6.45, 7) is 5.46. The molecule has 29 heavy (non-hydrogen) atoms. The predicted molar refractivity (Wildman–Crippen MR) is 113 cm³/mol. The van der Waals surface area contributed by atoms with Crippen molar-refractivity contribution in [2.45, 2.75) is 70.6 Å². The van der Waals surface area contributed by atoms with Gasteiger partial charge in [-0.05, 0) is 38.6 Å². The molecule has 0 bridgehead atoms. The van der Waals surface area contributed by atoms with Gasteiger partial charge >= 0.3 is 5.97 Å². The van der Waals surface area contributed by atoms with Crippen LogP contribution in [0, 0.1) is 5.92 Å². The van der Waals surface area contributed by atoms with Gasteiger partial charge in [0.2, 0.25) is 17.7 Å². The standard InChI is InChI=1S/C18H35N5O5S/c1-4-10(2)14(18(27)28)23-16(25)12(7-5-6-8-19)21-17(26)13(9-29)22-15(24)11(3)20/h10-14,29H,4-9,19-20H2,1-3H3,(H,21,26)(H,22,24)(H,23,25)(H,27,28). The molecule has 0 aliphatic heterocycles. The molecule has 0 radical (unpaired) electrons. The second-order valence-electron chi connectivity index (χ2n) is 7.09. The Morgan fingerprint density at radius 1 is 0.966 bits per heavy atom. The van der Waals surface area contributed by atoms with E-state index in [9.17, 15) is 24.3 Å². The number of rotatable bonds is 14. The van der Waals surface area contributed by atoms with Crippen molar-refractivity contribution in [3.63, 3.8) is 0 Å². The third kappa shape index (κ3) is 9.95. The van der Waals surface area contributed by atoms with Crippen LogP contribution in [0.3, 0.4) is 0 Å². The molecule has 10 nitrogen and oxygen atoms in total. The summed E-state index contributed by atoms with van der Waals surface area (Å²) >= 11 is 4.07. The zero-order valence-electron chi connectivity index (χ0n) is 17.3. The predicted octanol–water partition coefficient (Wildman–Crippen LogP) is -1.02. The van der Waals surface area contributed by atoms with Gasteiger partial charge in [-0.2, -0.15) is 12.6 Å². The lowest BCUT2D eigenvalue weighted by Crippen LogP contribution is -2.58. The van der Waals surface area contributed by atoms with E-state index in [1.54, 1.807) is 6.92 Å². The average Bonchev–Trinajstić information content (AvgIpc) is 2.67. The highest BCUT2D eigenvalue weighted by Crippen LogP contribution is 2.10. The molecule has 168 valence electrons. The van der Waals surface area contributed by atoms with Gasteiger partial charge in [0.1, 0.15) is 18.1 Å². The molecule has 5 unspecified atom stereocenters. The molecule has 0 heterocycles. The highest BCUT2D eigenvalue weighted by molar-refractivity contribution is 7.80. The summed E-state index contributed by atoms with van der Waals surface area (Å²) in [5.74, 6) is -3.14. The van der Waals surface area contributed by atoms with Gasteiger partial charge < -0.3 is 32.5 Å². The number of carboxylic acid groups (broad SMARTS) is 1. The highest BCUT2D eigenvalue weighted by atomic mass is 32.1. The zero-order chi connectivity index (χ0) is 22.6. The summed E-state index contributed by atoms with van der Waals surface area (Å²) in [7, 11) is 0. The lowest BCUT2D eigenvalue weighted by atomic mass is 9.98. The Morgan fingerprint density at radius 3 is 1.97 bits per heavy atom. The quantitative estimate of drug-likeness (QED) is 0.135. The largest absolute Gasteiger partial charge is 0.480 e. The molecule has 0 saturated heterocycles. The van der Waals surface area contributed by atoms with Crippen LogP contribution in [-0.4, -0.2) is 65.3 Å². The van der Waals surface area contributed by atoms with Crippen LogP contribution in [0.1, 0.15) is 46.5 Å². The molecule has 0 aliphatic carbocycles. The van der Waals surface area contributed by atoms with Crippen molar-refractivity contribution in [3.8, 4) is 0 Å². The van der Waals surface area contributed by atoms with Gasteiger partial charge in [-0.15, -0.1) is 0 Å². The lowest BCUT2D eigenvalue weighted by Gasteiger charge is -2.26. The first-order valence-electron chi connectivity index (χ1n) is 9.79. The van der Waals surface area contributed by atoms with Crippen LogP contribution in [0.15, 0.2) is 0 Å². The molecule has 0 saturated carbocycles. The molecule has 0 aromatic heterocycles. The average molecular weight is 434 g/mol. The Bertz CT molecular complexity index is 561. The Morgan fingerprint density at radius 2 is 1.52 bits per heavy atom. The molecule has 0 aliphatic rings. The first-order chi connectivity index (χ1) is 13.6. The van der Waals surface area contributed by atoms with E-state index in [2.05, 4.69) is 28.6 Å². The summed E-state index contributed by atoms with van der Waals surface area (Å²) in [4.78, 5) is 48.5. The van der Waals surface area contributed by atoms with Crippen molar-refractivity contribution in [2.75, 3.05) is 12.3 Å². The van der Waals surface area contributed by atoms with Gasteiger partial charge in [0.25, 0.3) is 0 Å². The SMILES string of the molecule is CCC(C)C(NC(=O)C(CCCCN)NC(=O)C(CS)NC(=O)C(C)N)C(=O)O. The number of hydrogen-bond donors (Lipinski definition) is 7. The van der Waals surface area contributed by atoms with E-state index in [1.807, 2.05) is 6.92 Å². The van der Waals surface area contributed by atoms with Gasteiger partial charge in [-0.3, -0.25) is 14.4 Å². The maximum Gasteiger partial charge on any atom is 0.326 e. The van der Waals surface area contributed by atoms with E-state index >= 15 is 0 Å². The Balaban J connectivity index is 5.27. The number of carbonyl (C=O) groups is 4. The van der Waals surface area contributed by atoms with Gasteiger partial charge in [0, 0.05) is 5.75 Å². The third-order valence-corrected chi connectivity index (χ3v) is 4.95. The van der Waals surface area contributed by atoms with Crippen molar-refractivity contribution in [1.29, 1.82) is 0 Å². The summed E-state index contributed by atoms with van der Waals surface area (Å²) in [6, 6.07) is -3.82. The summed E-state index contributed by atoms with van der Waals surface area (Å²) < 4.78 is 0. The fourth-order valence-corrected chi connectivity index (χ4v) is 2.73. The Labute approximate surface area is 177 Å². The fourth-order valence-electron chi connectivity index (χ4n) is 2.47. The third-order valence-electron chi connectivity index (χ3n) is 4.59. The number of aliphatic carboxylic acids is 1. The van der Waals surface area contributed by atoms with Gasteiger partial charge in [-0.1, -0.05) is 20.3 Å². The number of nitrogens with two attached hydrogens (primary N) is 2. The van der Waals surface area contributed by atoms with Crippen molar-refractivity contribution in [1.82, 2.24) is 16.0 Å². The van der Waals surface area contributed by atoms with E-state index in [4.69, 9.17) is 11.5 Å². The smallest absolute Gasteiger partial charge is 0.326 e. The van der Waals surface area contributed by atoms with Crippen molar-refractivity contribution >= 4 is 36.3 Å². The van der Waals surface area contributed by atoms with Crippen LogP contribution in [0.2, 0.25) is 0 Å². The lowest BCUT2D eigenvalue weighted by molar-refractivity contribution is -0.143. The Hall–Kier alpha value is -1.85. The Kier molecular flexibility index (Phi) is 13.3. The fraction of sp³-hybridized carbons (Fsp3) is 0.778. The number of thiol groups is 1. The summed E-state index contributed by atoms with van der Waals surface area (Å²) in [5, 5.41) is 16.9. The molecular weight excluding hydrogens is 398 g/mol. The molecule has 0 spiro atoms. The van der Waals surface area contributed by atoms with E-state index in [0.29, 0.717) is 25.8 Å². The van der Waals surface area contributed by atoms with Crippen molar-refractivity contribution < 1.29 is 24.3 Å². The van der Waals surface area contributed by atoms with Crippen LogP contribution in [-0.2, 0) is 19.2 Å². The molecule has 5 atom stereocenters. The van der Waals surface area contributed by atoms with Gasteiger partial charge in [0.15, 0.2) is 0 Å². The molecule has 11 heteroatoms. The highest BCUT2D eigenvalue weighted by Gasteiger charge is 2.31. The minimum atomic E-state index is -1.14. The molecular formula is C18H35N5O5S. The van der Waals surface area contributed by atoms with Crippen LogP contribution in [0.5, 0.6) is 0 Å². The first-order valence-corrected chi connectivity index (χ1v) is 10.4. The summed E-state index contributed by atoms with van der Waals surface area (Å²) in [5.41, 5.74) is 11.0. The van der Waals surface area contributed by atoms with Crippen LogP contribution >= 0.6 is 12.6 Å². The first kappa shape index (κ1) is 27.1. The second-order valence-corrected chi connectivity index (χ2v) is 7.45. The maximum atomic E-state index is 12.7. The molecule has 0 rings (SSSR count). The number of hydrogen-bond acceptors (Lipinski definition) is 7. The van der Waals surface area contributed by atoms with Gasteiger partial charge in [-0.25, -0.2) is 4.79 Å². The van der Waals surface area contributed by atoms with E-state index in [1.165, 1.54) is 6.92 Å². The van der Waals surface area contributed by atoms with E-state index in [-0.39, 0.29) is 18.1 Å². The van der Waals surface area contributed by atoms with Crippen LogP contribution < -0.4 is 27.4 Å². The number of carbonyl (C=O) groups excluding carboxylic acids is 3. The zero-order valence-corrected chi connectivity index (χ0v) is 18.2. The number of nitrogens with one attached hydrogen (secondary N) is 3. The van der Waals surface area contributed by atoms with E-state index < -0.39 is 47.9 Å².